The summed E-state index contributed by atoms with van der Waals surface area (Å²) < 4.78 is 0. The predicted molar refractivity (Wildman–Crippen MR) is 87.4 cm³/mol. The van der Waals surface area contributed by atoms with Gasteiger partial charge in [0.25, 0.3) is 0 Å². The molecule has 1 atom stereocenters. The molecule has 0 spiro atoms. The zero-order chi connectivity index (χ0) is 15.1. The van der Waals surface area contributed by atoms with E-state index in [-0.39, 0.29) is 0 Å². The number of likely N-dealkylation sites (tertiary alicyclic amines) is 2. The van der Waals surface area contributed by atoms with Crippen molar-refractivity contribution in [1.82, 2.24) is 15.1 Å². The van der Waals surface area contributed by atoms with E-state index in [1.807, 2.05) is 0 Å². The molecule has 0 aliphatic carbocycles. The summed E-state index contributed by atoms with van der Waals surface area (Å²) in [4.78, 5) is 17.0. The summed E-state index contributed by atoms with van der Waals surface area (Å²) in [6.07, 6.45) is 7.44. The van der Waals surface area contributed by atoms with Crippen molar-refractivity contribution in [3.05, 3.63) is 0 Å². The number of hydrogen-bond acceptors (Lipinski definition) is 3. The van der Waals surface area contributed by atoms with Crippen LogP contribution in [-0.4, -0.2) is 61.0 Å². The Labute approximate surface area is 130 Å². The number of nitrogens with zero attached hydrogens (tertiary/aromatic N) is 2. The Kier molecular flexibility index (Phi) is 6.97. The monoisotopic (exact) mass is 295 g/mol. The Hall–Kier alpha value is -0.610. The summed E-state index contributed by atoms with van der Waals surface area (Å²) >= 11 is 0. The van der Waals surface area contributed by atoms with E-state index in [4.69, 9.17) is 0 Å². The first-order valence-corrected chi connectivity index (χ1v) is 8.89. The van der Waals surface area contributed by atoms with Gasteiger partial charge in [0, 0.05) is 25.7 Å². The summed E-state index contributed by atoms with van der Waals surface area (Å²) in [5, 5.41) is 3.57. The van der Waals surface area contributed by atoms with Gasteiger partial charge < -0.3 is 10.2 Å². The minimum atomic E-state index is 0.352. The Morgan fingerprint density at radius 2 is 1.81 bits per heavy atom. The standard InChI is InChI=1S/C17H33N3O/c1-15(2)12-18-13-16-8-4-7-11-20(16)14-17(21)19-9-5-3-6-10-19/h15-16,18H,3-14H2,1-2H3. The van der Waals surface area contributed by atoms with Crippen LogP contribution in [0.5, 0.6) is 0 Å². The van der Waals surface area contributed by atoms with Gasteiger partial charge in [0.2, 0.25) is 5.91 Å². The van der Waals surface area contributed by atoms with Crippen LogP contribution in [0.15, 0.2) is 0 Å². The van der Waals surface area contributed by atoms with E-state index < -0.39 is 0 Å². The van der Waals surface area contributed by atoms with Gasteiger partial charge in [0.15, 0.2) is 0 Å². The van der Waals surface area contributed by atoms with E-state index in [0.717, 1.165) is 32.7 Å². The maximum Gasteiger partial charge on any atom is 0.236 e. The van der Waals surface area contributed by atoms with Crippen LogP contribution in [0.4, 0.5) is 0 Å². The van der Waals surface area contributed by atoms with E-state index >= 15 is 0 Å². The third-order valence-electron chi connectivity index (χ3n) is 4.73. The van der Waals surface area contributed by atoms with Gasteiger partial charge in [-0.3, -0.25) is 9.69 Å². The lowest BCUT2D eigenvalue weighted by Crippen LogP contribution is -2.51. The lowest BCUT2D eigenvalue weighted by molar-refractivity contribution is -0.134. The van der Waals surface area contributed by atoms with Crippen molar-refractivity contribution in [1.29, 1.82) is 0 Å². The van der Waals surface area contributed by atoms with E-state index in [1.165, 1.54) is 38.5 Å². The normalized spacial score (nSPS) is 24.5. The van der Waals surface area contributed by atoms with Gasteiger partial charge in [0.05, 0.1) is 6.54 Å². The molecule has 0 aromatic carbocycles. The molecule has 0 aromatic rings. The predicted octanol–water partition coefficient (Wildman–Crippen LogP) is 2.10. The number of amides is 1. The molecule has 4 nitrogen and oxygen atoms in total. The lowest BCUT2D eigenvalue weighted by Gasteiger charge is -2.37. The highest BCUT2D eigenvalue weighted by molar-refractivity contribution is 5.78. The molecular weight excluding hydrogens is 262 g/mol. The molecule has 0 saturated carbocycles. The molecule has 2 aliphatic rings. The number of hydrogen-bond donors (Lipinski definition) is 1. The third kappa shape index (κ3) is 5.59. The van der Waals surface area contributed by atoms with Gasteiger partial charge in [-0.05, 0) is 51.1 Å². The summed E-state index contributed by atoms with van der Waals surface area (Å²) in [5.41, 5.74) is 0. The van der Waals surface area contributed by atoms with E-state index in [1.54, 1.807) is 0 Å². The highest BCUT2D eigenvalue weighted by atomic mass is 16.2. The topological polar surface area (TPSA) is 35.6 Å². The SMILES string of the molecule is CC(C)CNCC1CCCCN1CC(=O)N1CCCCC1. The number of nitrogens with one attached hydrogen (secondary N) is 1. The zero-order valence-corrected chi connectivity index (χ0v) is 13.9. The average molecular weight is 295 g/mol. The van der Waals surface area contributed by atoms with Crippen molar-refractivity contribution >= 4 is 5.91 Å². The van der Waals surface area contributed by atoms with Crippen LogP contribution in [0.1, 0.15) is 52.4 Å². The molecule has 122 valence electrons. The Morgan fingerprint density at radius 1 is 1.10 bits per heavy atom. The fraction of sp³-hybridized carbons (Fsp3) is 0.941. The summed E-state index contributed by atoms with van der Waals surface area (Å²) in [5.74, 6) is 1.04. The second-order valence-electron chi connectivity index (χ2n) is 7.11. The second-order valence-corrected chi connectivity index (χ2v) is 7.11. The summed E-state index contributed by atoms with van der Waals surface area (Å²) in [6, 6.07) is 0.547. The van der Waals surface area contributed by atoms with Crippen molar-refractivity contribution in [2.75, 3.05) is 39.3 Å². The molecule has 1 unspecified atom stereocenters. The largest absolute Gasteiger partial charge is 0.342 e. The van der Waals surface area contributed by atoms with Gasteiger partial charge in [0.1, 0.15) is 0 Å². The van der Waals surface area contributed by atoms with Crippen LogP contribution in [0.2, 0.25) is 0 Å². The van der Waals surface area contributed by atoms with Crippen molar-refractivity contribution in [2.45, 2.75) is 58.4 Å². The van der Waals surface area contributed by atoms with Crippen LogP contribution in [0.3, 0.4) is 0 Å². The molecule has 21 heavy (non-hydrogen) atoms. The van der Waals surface area contributed by atoms with Crippen LogP contribution < -0.4 is 5.32 Å². The Morgan fingerprint density at radius 3 is 2.52 bits per heavy atom. The fourth-order valence-corrected chi connectivity index (χ4v) is 3.45. The first-order chi connectivity index (χ1) is 10.2. The molecular formula is C17H33N3O. The fourth-order valence-electron chi connectivity index (χ4n) is 3.45. The number of piperidine rings is 2. The molecule has 2 saturated heterocycles. The van der Waals surface area contributed by atoms with Crippen LogP contribution in [0.25, 0.3) is 0 Å². The van der Waals surface area contributed by atoms with Gasteiger partial charge in [-0.15, -0.1) is 0 Å². The second kappa shape index (κ2) is 8.74. The molecule has 1 amide bonds. The van der Waals surface area contributed by atoms with Crippen LogP contribution in [-0.2, 0) is 4.79 Å². The van der Waals surface area contributed by atoms with Crippen LogP contribution >= 0.6 is 0 Å². The molecule has 4 heteroatoms. The number of carbonyl (C=O) groups is 1. The average Bonchev–Trinajstić information content (AvgIpc) is 2.49. The Balaban J connectivity index is 1.78. The first-order valence-electron chi connectivity index (χ1n) is 8.89. The first kappa shape index (κ1) is 16.8. The third-order valence-corrected chi connectivity index (χ3v) is 4.73. The van der Waals surface area contributed by atoms with E-state index in [2.05, 4.69) is 29.0 Å². The van der Waals surface area contributed by atoms with Crippen molar-refractivity contribution < 1.29 is 4.79 Å². The zero-order valence-electron chi connectivity index (χ0n) is 13.9. The lowest BCUT2D eigenvalue weighted by atomic mass is 10.0. The van der Waals surface area contributed by atoms with Crippen molar-refractivity contribution in [3.8, 4) is 0 Å². The highest BCUT2D eigenvalue weighted by Crippen LogP contribution is 2.17. The molecule has 0 bridgehead atoms. The van der Waals surface area contributed by atoms with E-state index in [0.29, 0.717) is 24.4 Å². The maximum atomic E-state index is 12.5. The van der Waals surface area contributed by atoms with Gasteiger partial charge in [-0.2, -0.15) is 0 Å². The highest BCUT2D eigenvalue weighted by Gasteiger charge is 2.26. The molecule has 2 heterocycles. The molecule has 2 rings (SSSR count). The number of rotatable bonds is 6. The number of carbonyl (C=O) groups excluding carboxylic acids is 1. The summed E-state index contributed by atoms with van der Waals surface area (Å²) in [7, 11) is 0. The Bertz CT molecular complexity index is 313. The van der Waals surface area contributed by atoms with Crippen molar-refractivity contribution in [3.63, 3.8) is 0 Å². The van der Waals surface area contributed by atoms with Gasteiger partial charge in [-0.25, -0.2) is 0 Å². The smallest absolute Gasteiger partial charge is 0.236 e. The molecule has 1 N–H and O–H groups in total. The molecule has 2 aliphatic heterocycles. The maximum absolute atomic E-state index is 12.5. The molecule has 2 fully saturated rings. The van der Waals surface area contributed by atoms with Gasteiger partial charge in [-0.1, -0.05) is 20.3 Å². The molecule has 0 radical (unpaired) electrons. The quantitative estimate of drug-likeness (QED) is 0.815. The van der Waals surface area contributed by atoms with Crippen molar-refractivity contribution in [2.24, 2.45) is 5.92 Å². The van der Waals surface area contributed by atoms with Crippen LogP contribution in [0, 0.1) is 5.92 Å². The van der Waals surface area contributed by atoms with E-state index in [9.17, 15) is 4.79 Å². The van der Waals surface area contributed by atoms with Gasteiger partial charge >= 0.3 is 0 Å². The minimum Gasteiger partial charge on any atom is -0.342 e. The summed E-state index contributed by atoms with van der Waals surface area (Å²) in [6.45, 7) is 10.3. The minimum absolute atomic E-state index is 0.352. The molecule has 0 aromatic heterocycles.